The molecule has 2 aromatic rings. The summed E-state index contributed by atoms with van der Waals surface area (Å²) in [5.41, 5.74) is 3.36. The third kappa shape index (κ3) is 4.74. The molecule has 0 aliphatic carbocycles. The van der Waals surface area contributed by atoms with Gasteiger partial charge in [0.1, 0.15) is 5.75 Å². The highest BCUT2D eigenvalue weighted by Crippen LogP contribution is 2.34. The van der Waals surface area contributed by atoms with Crippen LogP contribution < -0.4 is 10.1 Å². The van der Waals surface area contributed by atoms with Gasteiger partial charge in [0.05, 0.1) is 0 Å². The standard InChI is InChI=1S/C24H31NO3/c1-4-21(28-22-16-18(2)10-11-19(22)3)23(26)25-17-24(12-14-27-15-13-24)20-8-6-5-7-9-20/h5-11,16,21H,4,12-15,17H2,1-3H3,(H,25,26)/t21-/m1/s1. The molecule has 4 nitrogen and oxygen atoms in total. The van der Waals surface area contributed by atoms with E-state index in [-0.39, 0.29) is 11.3 Å². The van der Waals surface area contributed by atoms with E-state index >= 15 is 0 Å². The van der Waals surface area contributed by atoms with Crippen LogP contribution >= 0.6 is 0 Å². The minimum atomic E-state index is -0.492. The largest absolute Gasteiger partial charge is 0.480 e. The van der Waals surface area contributed by atoms with Crippen LogP contribution in [-0.2, 0) is 14.9 Å². The van der Waals surface area contributed by atoms with E-state index in [1.54, 1.807) is 0 Å². The highest BCUT2D eigenvalue weighted by Gasteiger charge is 2.35. The summed E-state index contributed by atoms with van der Waals surface area (Å²) in [6.45, 7) is 8.07. The number of nitrogens with one attached hydrogen (secondary N) is 1. The molecule has 1 atom stereocenters. The van der Waals surface area contributed by atoms with Crippen LogP contribution in [0.5, 0.6) is 5.75 Å². The van der Waals surface area contributed by atoms with Gasteiger partial charge < -0.3 is 14.8 Å². The second-order valence-electron chi connectivity index (χ2n) is 7.76. The highest BCUT2D eigenvalue weighted by atomic mass is 16.5. The van der Waals surface area contributed by atoms with E-state index in [1.807, 2.05) is 39.0 Å². The topological polar surface area (TPSA) is 47.6 Å². The van der Waals surface area contributed by atoms with Crippen LogP contribution in [0.3, 0.4) is 0 Å². The van der Waals surface area contributed by atoms with Gasteiger partial charge in [-0.2, -0.15) is 0 Å². The van der Waals surface area contributed by atoms with E-state index in [2.05, 4.69) is 35.6 Å². The molecule has 1 aliphatic rings. The molecule has 0 bridgehead atoms. The third-order valence-electron chi connectivity index (χ3n) is 5.71. The van der Waals surface area contributed by atoms with Crippen molar-refractivity contribution in [2.24, 2.45) is 0 Å². The maximum absolute atomic E-state index is 12.9. The molecule has 1 fully saturated rings. The first-order chi connectivity index (χ1) is 13.5. The SMILES string of the molecule is CC[C@@H](Oc1cc(C)ccc1C)C(=O)NCC1(c2ccccc2)CCOCC1. The Hall–Kier alpha value is -2.33. The van der Waals surface area contributed by atoms with Crippen molar-refractivity contribution in [1.82, 2.24) is 5.32 Å². The van der Waals surface area contributed by atoms with Crippen LogP contribution in [0.1, 0.15) is 42.9 Å². The molecule has 0 aromatic heterocycles. The maximum Gasteiger partial charge on any atom is 0.261 e. The molecule has 28 heavy (non-hydrogen) atoms. The van der Waals surface area contributed by atoms with Crippen molar-refractivity contribution >= 4 is 5.91 Å². The Kier molecular flexibility index (Phi) is 6.74. The van der Waals surface area contributed by atoms with Gasteiger partial charge in [0, 0.05) is 25.2 Å². The monoisotopic (exact) mass is 381 g/mol. The van der Waals surface area contributed by atoms with Crippen molar-refractivity contribution in [3.05, 3.63) is 65.2 Å². The first-order valence-corrected chi connectivity index (χ1v) is 10.2. The number of carbonyl (C=O) groups is 1. The average Bonchev–Trinajstić information content (AvgIpc) is 2.74. The van der Waals surface area contributed by atoms with Gasteiger partial charge in [0.25, 0.3) is 5.91 Å². The number of aryl methyl sites for hydroxylation is 2. The Bertz CT molecular complexity index is 782. The lowest BCUT2D eigenvalue weighted by atomic mass is 9.74. The van der Waals surface area contributed by atoms with Gasteiger partial charge in [-0.05, 0) is 55.9 Å². The molecule has 4 heteroatoms. The van der Waals surface area contributed by atoms with Crippen LogP contribution in [-0.4, -0.2) is 31.8 Å². The quantitative estimate of drug-likeness (QED) is 0.777. The van der Waals surface area contributed by atoms with Crippen LogP contribution in [0, 0.1) is 13.8 Å². The van der Waals surface area contributed by atoms with E-state index in [9.17, 15) is 4.79 Å². The summed E-state index contributed by atoms with van der Waals surface area (Å²) in [7, 11) is 0. The Morgan fingerprint density at radius 2 is 1.86 bits per heavy atom. The Balaban J connectivity index is 1.70. The Labute approximate surface area is 168 Å². The minimum Gasteiger partial charge on any atom is -0.480 e. The van der Waals surface area contributed by atoms with Crippen LogP contribution in [0.4, 0.5) is 0 Å². The van der Waals surface area contributed by atoms with Gasteiger partial charge in [0.15, 0.2) is 6.10 Å². The minimum absolute atomic E-state index is 0.0507. The predicted molar refractivity (Wildman–Crippen MR) is 112 cm³/mol. The zero-order chi connectivity index (χ0) is 20.0. The summed E-state index contributed by atoms with van der Waals surface area (Å²) in [4.78, 5) is 12.9. The number of hydrogen-bond acceptors (Lipinski definition) is 3. The van der Waals surface area contributed by atoms with Crippen LogP contribution in [0.25, 0.3) is 0 Å². The lowest BCUT2D eigenvalue weighted by Crippen LogP contribution is -2.48. The summed E-state index contributed by atoms with van der Waals surface area (Å²) < 4.78 is 11.7. The van der Waals surface area contributed by atoms with E-state index in [4.69, 9.17) is 9.47 Å². The predicted octanol–water partition coefficient (Wildman–Crippen LogP) is 4.33. The van der Waals surface area contributed by atoms with Crippen LogP contribution in [0.2, 0.25) is 0 Å². The van der Waals surface area contributed by atoms with Gasteiger partial charge in [-0.15, -0.1) is 0 Å². The molecule has 1 amide bonds. The van der Waals surface area contributed by atoms with Crippen molar-refractivity contribution in [1.29, 1.82) is 0 Å². The molecule has 0 saturated carbocycles. The molecule has 0 unspecified atom stereocenters. The smallest absolute Gasteiger partial charge is 0.261 e. The summed E-state index contributed by atoms with van der Waals surface area (Å²) in [5.74, 6) is 0.732. The number of amides is 1. The fourth-order valence-corrected chi connectivity index (χ4v) is 3.80. The normalized spacial score (nSPS) is 17.0. The number of hydrogen-bond donors (Lipinski definition) is 1. The van der Waals surface area contributed by atoms with Crippen molar-refractivity contribution in [2.75, 3.05) is 19.8 Å². The Morgan fingerprint density at radius 1 is 1.14 bits per heavy atom. The van der Waals surface area contributed by atoms with Gasteiger partial charge in [-0.1, -0.05) is 49.4 Å². The van der Waals surface area contributed by atoms with Crippen molar-refractivity contribution in [3.8, 4) is 5.75 Å². The summed E-state index contributed by atoms with van der Waals surface area (Å²) in [6.07, 6.45) is 1.95. The molecule has 1 heterocycles. The van der Waals surface area contributed by atoms with Gasteiger partial charge in [-0.3, -0.25) is 4.79 Å². The molecule has 2 aromatic carbocycles. The highest BCUT2D eigenvalue weighted by molar-refractivity contribution is 5.81. The average molecular weight is 382 g/mol. The molecule has 0 radical (unpaired) electrons. The molecule has 3 rings (SSSR count). The molecule has 0 spiro atoms. The van der Waals surface area contributed by atoms with Crippen molar-refractivity contribution in [2.45, 2.75) is 51.6 Å². The van der Waals surface area contributed by atoms with E-state index in [1.165, 1.54) is 5.56 Å². The maximum atomic E-state index is 12.9. The van der Waals surface area contributed by atoms with Gasteiger partial charge in [0.2, 0.25) is 0 Å². The fourth-order valence-electron chi connectivity index (χ4n) is 3.80. The molecule has 1 aliphatic heterocycles. The number of rotatable bonds is 7. The molecule has 1 N–H and O–H groups in total. The third-order valence-corrected chi connectivity index (χ3v) is 5.71. The van der Waals surface area contributed by atoms with Crippen molar-refractivity contribution < 1.29 is 14.3 Å². The fraction of sp³-hybridized carbons (Fsp3) is 0.458. The first-order valence-electron chi connectivity index (χ1n) is 10.2. The zero-order valence-electron chi connectivity index (χ0n) is 17.2. The molecule has 1 saturated heterocycles. The summed E-state index contributed by atoms with van der Waals surface area (Å²) >= 11 is 0. The molecular weight excluding hydrogens is 350 g/mol. The second kappa shape index (κ2) is 9.24. The van der Waals surface area contributed by atoms with E-state index in [0.29, 0.717) is 13.0 Å². The number of carbonyl (C=O) groups excluding carboxylic acids is 1. The molecule has 150 valence electrons. The van der Waals surface area contributed by atoms with Crippen molar-refractivity contribution in [3.63, 3.8) is 0 Å². The number of benzene rings is 2. The van der Waals surface area contributed by atoms with Gasteiger partial charge in [-0.25, -0.2) is 0 Å². The lowest BCUT2D eigenvalue weighted by molar-refractivity contribution is -0.128. The van der Waals surface area contributed by atoms with E-state index < -0.39 is 6.10 Å². The second-order valence-corrected chi connectivity index (χ2v) is 7.76. The molecular formula is C24H31NO3. The Morgan fingerprint density at radius 3 is 2.54 bits per heavy atom. The van der Waals surface area contributed by atoms with E-state index in [0.717, 1.165) is 42.9 Å². The summed E-state index contributed by atoms with van der Waals surface area (Å²) in [6, 6.07) is 16.5. The zero-order valence-corrected chi connectivity index (χ0v) is 17.2. The summed E-state index contributed by atoms with van der Waals surface area (Å²) in [5, 5.41) is 3.18. The number of ether oxygens (including phenoxy) is 2. The lowest BCUT2D eigenvalue weighted by Gasteiger charge is -2.38. The first kappa shape index (κ1) is 20.4. The van der Waals surface area contributed by atoms with Gasteiger partial charge >= 0.3 is 0 Å². The van der Waals surface area contributed by atoms with Crippen LogP contribution in [0.15, 0.2) is 48.5 Å².